The van der Waals surface area contributed by atoms with Crippen molar-refractivity contribution in [3.63, 3.8) is 0 Å². The summed E-state index contributed by atoms with van der Waals surface area (Å²) in [5.41, 5.74) is 0.00540. The quantitative estimate of drug-likeness (QED) is 0.593. The van der Waals surface area contributed by atoms with Crippen molar-refractivity contribution in [1.29, 1.82) is 0 Å². The van der Waals surface area contributed by atoms with Gasteiger partial charge < -0.3 is 14.6 Å². The van der Waals surface area contributed by atoms with Gasteiger partial charge in [0.1, 0.15) is 11.5 Å². The monoisotopic (exact) mass is 408 g/mol. The van der Waals surface area contributed by atoms with Crippen molar-refractivity contribution in [1.82, 2.24) is 0 Å². The van der Waals surface area contributed by atoms with Gasteiger partial charge in [-0.3, -0.25) is 4.79 Å². The van der Waals surface area contributed by atoms with Crippen LogP contribution in [-0.4, -0.2) is 24.3 Å². The molecule has 29 heavy (non-hydrogen) atoms. The van der Waals surface area contributed by atoms with Gasteiger partial charge in [-0.1, -0.05) is 25.1 Å². The van der Waals surface area contributed by atoms with Gasteiger partial charge in [0, 0.05) is 5.41 Å². The van der Waals surface area contributed by atoms with Gasteiger partial charge in [0.2, 0.25) is 0 Å². The van der Waals surface area contributed by atoms with Crippen molar-refractivity contribution < 1.29 is 32.5 Å². The maximum absolute atomic E-state index is 12.8. The number of aliphatic carboxylic acids is 1. The van der Waals surface area contributed by atoms with Crippen LogP contribution in [0.5, 0.6) is 11.5 Å². The molecule has 2 aromatic carbocycles. The fourth-order valence-corrected chi connectivity index (χ4v) is 3.01. The molecule has 7 heteroatoms. The van der Waals surface area contributed by atoms with Gasteiger partial charge in [0.15, 0.2) is 0 Å². The standard InChI is InChI=1S/C22H23F3O4/c1-15(11-20(26)27)16-5-7-18(8-6-16)28-13-21(9-10-21)14-29-19-4-2-3-17(12-19)22(23,24)25/h2-8,12,15H,9-11,13-14H2,1H3,(H,26,27). The molecule has 0 spiro atoms. The number of carboxylic acid groups (broad SMARTS) is 1. The van der Waals surface area contributed by atoms with Crippen LogP contribution in [-0.2, 0) is 11.0 Å². The molecule has 0 aliphatic heterocycles. The van der Waals surface area contributed by atoms with Crippen LogP contribution in [0.3, 0.4) is 0 Å². The Bertz CT molecular complexity index is 842. The Balaban J connectivity index is 1.52. The Hall–Kier alpha value is -2.70. The molecule has 1 fully saturated rings. The van der Waals surface area contributed by atoms with E-state index in [1.165, 1.54) is 12.1 Å². The van der Waals surface area contributed by atoms with Crippen molar-refractivity contribution >= 4 is 5.97 Å². The minimum absolute atomic E-state index is 0.0657. The largest absolute Gasteiger partial charge is 0.493 e. The number of hydrogen-bond donors (Lipinski definition) is 1. The Morgan fingerprint density at radius 3 is 2.24 bits per heavy atom. The molecule has 1 N–H and O–H groups in total. The van der Waals surface area contributed by atoms with E-state index in [-0.39, 0.29) is 23.5 Å². The molecule has 1 aliphatic rings. The van der Waals surface area contributed by atoms with Gasteiger partial charge in [-0.05, 0) is 54.7 Å². The molecule has 156 valence electrons. The molecule has 0 aromatic heterocycles. The van der Waals surface area contributed by atoms with Gasteiger partial charge in [0.25, 0.3) is 0 Å². The highest BCUT2D eigenvalue weighted by atomic mass is 19.4. The second-order valence-electron chi connectivity index (χ2n) is 7.67. The average Bonchev–Trinajstić information content (AvgIpc) is 3.45. The summed E-state index contributed by atoms with van der Waals surface area (Å²) >= 11 is 0. The Kier molecular flexibility index (Phi) is 6.05. The summed E-state index contributed by atoms with van der Waals surface area (Å²) in [4.78, 5) is 10.8. The van der Waals surface area contributed by atoms with E-state index in [0.717, 1.165) is 30.5 Å². The van der Waals surface area contributed by atoms with E-state index in [1.807, 2.05) is 19.1 Å². The first-order valence-corrected chi connectivity index (χ1v) is 9.42. The number of halogens is 3. The van der Waals surface area contributed by atoms with Crippen molar-refractivity contribution in [3.05, 3.63) is 59.7 Å². The Morgan fingerprint density at radius 1 is 1.07 bits per heavy atom. The lowest BCUT2D eigenvalue weighted by Crippen LogP contribution is -2.21. The summed E-state index contributed by atoms with van der Waals surface area (Å²) in [6.45, 7) is 2.56. The van der Waals surface area contributed by atoms with Crippen LogP contribution in [0.4, 0.5) is 13.2 Å². The third kappa shape index (κ3) is 5.89. The van der Waals surface area contributed by atoms with E-state index in [4.69, 9.17) is 14.6 Å². The van der Waals surface area contributed by atoms with Crippen molar-refractivity contribution in [2.24, 2.45) is 5.41 Å². The van der Waals surface area contributed by atoms with Crippen LogP contribution < -0.4 is 9.47 Å². The summed E-state index contributed by atoms with van der Waals surface area (Å²) in [6, 6.07) is 12.2. The third-order valence-corrected chi connectivity index (χ3v) is 5.14. The molecule has 2 aromatic rings. The van der Waals surface area contributed by atoms with Crippen LogP contribution in [0.25, 0.3) is 0 Å². The molecule has 0 heterocycles. The first-order valence-electron chi connectivity index (χ1n) is 9.42. The predicted octanol–water partition coefficient (Wildman–Crippen LogP) is 5.52. The molecule has 3 rings (SSSR count). The highest BCUT2D eigenvalue weighted by molar-refractivity contribution is 5.68. The third-order valence-electron chi connectivity index (χ3n) is 5.14. The van der Waals surface area contributed by atoms with E-state index in [0.29, 0.717) is 19.0 Å². The van der Waals surface area contributed by atoms with E-state index in [2.05, 4.69) is 0 Å². The zero-order valence-electron chi connectivity index (χ0n) is 16.0. The number of carboxylic acids is 1. The lowest BCUT2D eigenvalue weighted by Gasteiger charge is -2.18. The molecule has 0 amide bonds. The van der Waals surface area contributed by atoms with Crippen LogP contribution in [0.2, 0.25) is 0 Å². The molecule has 0 radical (unpaired) electrons. The topological polar surface area (TPSA) is 55.8 Å². The second kappa shape index (κ2) is 8.35. The number of ether oxygens (including phenoxy) is 2. The number of benzene rings is 2. The highest BCUT2D eigenvalue weighted by Crippen LogP contribution is 2.46. The molecular formula is C22H23F3O4. The number of hydrogen-bond acceptors (Lipinski definition) is 3. The van der Waals surface area contributed by atoms with E-state index in [1.54, 1.807) is 12.1 Å². The minimum atomic E-state index is -4.39. The van der Waals surface area contributed by atoms with Crippen LogP contribution in [0.15, 0.2) is 48.5 Å². The Morgan fingerprint density at radius 2 is 1.69 bits per heavy atom. The predicted molar refractivity (Wildman–Crippen MR) is 101 cm³/mol. The normalized spacial score (nSPS) is 16.1. The number of rotatable bonds is 9. The van der Waals surface area contributed by atoms with E-state index < -0.39 is 17.7 Å². The summed E-state index contributed by atoms with van der Waals surface area (Å²) in [7, 11) is 0. The molecule has 0 saturated heterocycles. The first-order chi connectivity index (χ1) is 13.7. The highest BCUT2D eigenvalue weighted by Gasteiger charge is 2.44. The molecule has 0 bridgehead atoms. The molecular weight excluding hydrogens is 385 g/mol. The Labute approximate surface area is 167 Å². The summed E-state index contributed by atoms with van der Waals surface area (Å²) < 4.78 is 49.8. The maximum Gasteiger partial charge on any atom is 0.416 e. The minimum Gasteiger partial charge on any atom is -0.493 e. The average molecular weight is 408 g/mol. The zero-order chi connectivity index (χ0) is 21.1. The maximum atomic E-state index is 12.8. The van der Waals surface area contributed by atoms with Gasteiger partial charge in [0.05, 0.1) is 25.2 Å². The molecule has 1 unspecified atom stereocenters. The zero-order valence-corrected chi connectivity index (χ0v) is 16.0. The first kappa shape index (κ1) is 21.0. The van der Waals surface area contributed by atoms with Gasteiger partial charge in [-0.2, -0.15) is 13.2 Å². The number of alkyl halides is 3. The molecule has 4 nitrogen and oxygen atoms in total. The second-order valence-corrected chi connectivity index (χ2v) is 7.67. The van der Waals surface area contributed by atoms with Gasteiger partial charge in [-0.15, -0.1) is 0 Å². The van der Waals surface area contributed by atoms with E-state index >= 15 is 0 Å². The lowest BCUT2D eigenvalue weighted by molar-refractivity contribution is -0.138. The van der Waals surface area contributed by atoms with Crippen molar-refractivity contribution in [2.75, 3.05) is 13.2 Å². The fourth-order valence-electron chi connectivity index (χ4n) is 3.01. The van der Waals surface area contributed by atoms with Crippen LogP contribution in [0, 0.1) is 5.41 Å². The van der Waals surface area contributed by atoms with Crippen LogP contribution >= 0.6 is 0 Å². The fraction of sp³-hybridized carbons (Fsp3) is 0.409. The molecule has 1 aliphatic carbocycles. The van der Waals surface area contributed by atoms with Crippen molar-refractivity contribution in [2.45, 2.75) is 38.3 Å². The molecule has 1 atom stereocenters. The van der Waals surface area contributed by atoms with Crippen molar-refractivity contribution in [3.8, 4) is 11.5 Å². The SMILES string of the molecule is CC(CC(=O)O)c1ccc(OCC2(COc3cccc(C(F)(F)F)c3)CC2)cc1. The molecule has 1 saturated carbocycles. The number of carbonyl (C=O) groups is 1. The van der Waals surface area contributed by atoms with E-state index in [9.17, 15) is 18.0 Å². The van der Waals surface area contributed by atoms with Gasteiger partial charge in [-0.25, -0.2) is 0 Å². The summed E-state index contributed by atoms with van der Waals surface area (Å²) in [5, 5.41) is 8.88. The smallest absolute Gasteiger partial charge is 0.416 e. The van der Waals surface area contributed by atoms with Gasteiger partial charge >= 0.3 is 12.1 Å². The lowest BCUT2D eigenvalue weighted by atomic mass is 9.98. The summed E-state index contributed by atoms with van der Waals surface area (Å²) in [6.07, 6.45) is -2.55. The van der Waals surface area contributed by atoms with Crippen LogP contribution in [0.1, 0.15) is 43.2 Å². The summed E-state index contributed by atoms with van der Waals surface area (Å²) in [5.74, 6) is -0.0593.